The summed E-state index contributed by atoms with van der Waals surface area (Å²) in [5.41, 5.74) is 0. The molecular weight excluding hydrogens is 263 g/mol. The molecule has 0 aromatic heterocycles. The maximum atomic E-state index is 5.09. The highest BCUT2D eigenvalue weighted by molar-refractivity contribution is 5.20. The predicted molar refractivity (Wildman–Crippen MR) is 46.8 cm³/mol. The predicted octanol–water partition coefficient (Wildman–Crippen LogP) is -0.638. The van der Waals surface area contributed by atoms with E-state index in [2.05, 4.69) is 26.0 Å². The van der Waals surface area contributed by atoms with Crippen LogP contribution in [0.3, 0.4) is 0 Å². The maximum absolute atomic E-state index is 5.09. The van der Waals surface area contributed by atoms with Gasteiger partial charge in [0.2, 0.25) is 0 Å². The van der Waals surface area contributed by atoms with Crippen LogP contribution in [0.2, 0.25) is 0 Å². The van der Waals surface area contributed by atoms with E-state index in [1.165, 1.54) is 3.57 Å². The summed E-state index contributed by atoms with van der Waals surface area (Å²) in [5.74, 6) is 0.950. The number of rotatable bonds is 3. The van der Waals surface area contributed by atoms with Crippen molar-refractivity contribution in [2.45, 2.75) is 17.8 Å². The molecule has 0 saturated heterocycles. The molecule has 1 nitrogen and oxygen atoms in total. The van der Waals surface area contributed by atoms with Crippen molar-refractivity contribution < 1.29 is 25.9 Å². The number of ether oxygens (including phenoxy) is 1. The fourth-order valence-electron chi connectivity index (χ4n) is 0.895. The molecule has 0 bridgehead atoms. The van der Waals surface area contributed by atoms with Gasteiger partial charge in [-0.3, -0.25) is 0 Å². The third-order valence-electron chi connectivity index (χ3n) is 1.39. The lowest BCUT2D eigenvalue weighted by Gasteiger charge is -1.96. The van der Waals surface area contributed by atoms with Gasteiger partial charge in [0, 0.05) is 0 Å². The van der Waals surface area contributed by atoms with Gasteiger partial charge in [0.1, 0.15) is 5.75 Å². The first-order valence-corrected chi connectivity index (χ1v) is 6.32. The smallest absolute Gasteiger partial charge is 0.315 e. The third-order valence-corrected chi connectivity index (χ3v) is 4.08. The molecule has 0 aliphatic heterocycles. The van der Waals surface area contributed by atoms with Crippen molar-refractivity contribution in [1.82, 2.24) is 0 Å². The van der Waals surface area contributed by atoms with Crippen LogP contribution in [0.1, 0.15) is 13.8 Å². The van der Waals surface area contributed by atoms with Gasteiger partial charge >= 0.3 is 21.2 Å². The van der Waals surface area contributed by atoms with Gasteiger partial charge in [0.25, 0.3) is 0 Å². The SMILES string of the molecule is COc1ccc([I+]C(C)C)cc1. The summed E-state index contributed by atoms with van der Waals surface area (Å²) in [6.07, 6.45) is 0. The minimum atomic E-state index is 0.193. The molecule has 0 saturated carbocycles. The van der Waals surface area contributed by atoms with Gasteiger partial charge in [0.15, 0.2) is 7.49 Å². The Bertz CT molecular complexity index is 228. The van der Waals surface area contributed by atoms with Crippen molar-refractivity contribution in [3.05, 3.63) is 27.8 Å². The lowest BCUT2D eigenvalue weighted by atomic mass is 10.3. The Morgan fingerprint density at radius 3 is 2.17 bits per heavy atom. The lowest BCUT2D eigenvalue weighted by molar-refractivity contribution is -0.656. The second-order valence-corrected chi connectivity index (χ2v) is 7.14. The molecule has 0 N–H and O–H groups in total. The highest BCUT2D eigenvalue weighted by Gasteiger charge is 2.15. The summed E-state index contributed by atoms with van der Waals surface area (Å²) in [6, 6.07) is 8.42. The average molecular weight is 277 g/mol. The fraction of sp³-hybridized carbons (Fsp3) is 0.400. The Morgan fingerprint density at radius 2 is 1.75 bits per heavy atom. The van der Waals surface area contributed by atoms with Crippen LogP contribution in [0, 0.1) is 3.57 Å². The quantitative estimate of drug-likeness (QED) is 0.527. The first kappa shape index (κ1) is 9.84. The van der Waals surface area contributed by atoms with Gasteiger partial charge in [-0.05, 0) is 38.1 Å². The summed E-state index contributed by atoms with van der Waals surface area (Å²) in [6.45, 7) is 4.55. The fourth-order valence-corrected chi connectivity index (χ4v) is 3.11. The molecule has 0 unspecified atom stereocenters. The number of hydrogen-bond donors (Lipinski definition) is 0. The summed E-state index contributed by atoms with van der Waals surface area (Å²) < 4.78 is 7.41. The largest absolute Gasteiger partial charge is 0.497 e. The molecule has 0 heterocycles. The molecule has 1 aromatic carbocycles. The van der Waals surface area contributed by atoms with Crippen LogP contribution in [0.15, 0.2) is 24.3 Å². The van der Waals surface area contributed by atoms with E-state index in [0.717, 1.165) is 9.67 Å². The standard InChI is InChI=1S/C10H14IO/c1-8(2)11-9-4-6-10(12-3)7-5-9/h4-8H,1-3H3/q+1. The molecule has 0 radical (unpaired) electrons. The van der Waals surface area contributed by atoms with Crippen molar-refractivity contribution in [3.63, 3.8) is 0 Å². The van der Waals surface area contributed by atoms with Crippen LogP contribution in [0.4, 0.5) is 0 Å². The van der Waals surface area contributed by atoms with Gasteiger partial charge in [0.05, 0.1) is 7.11 Å². The lowest BCUT2D eigenvalue weighted by Crippen LogP contribution is -3.64. The van der Waals surface area contributed by atoms with E-state index in [0.29, 0.717) is 0 Å². The summed E-state index contributed by atoms with van der Waals surface area (Å²) in [4.78, 5) is 0. The average Bonchev–Trinajstić information content (AvgIpc) is 2.05. The molecule has 0 aliphatic carbocycles. The Kier molecular flexibility index (Phi) is 3.85. The van der Waals surface area contributed by atoms with Crippen LogP contribution in [-0.2, 0) is 0 Å². The number of methoxy groups -OCH3 is 1. The molecule has 0 fully saturated rings. The molecule has 0 aliphatic rings. The first-order chi connectivity index (χ1) is 5.72. The molecule has 1 rings (SSSR count). The van der Waals surface area contributed by atoms with Crippen LogP contribution in [0.5, 0.6) is 5.75 Å². The van der Waals surface area contributed by atoms with E-state index >= 15 is 0 Å². The number of alkyl halides is 1. The Hall–Kier alpha value is -0.250. The van der Waals surface area contributed by atoms with Crippen molar-refractivity contribution in [3.8, 4) is 5.75 Å². The van der Waals surface area contributed by atoms with E-state index in [4.69, 9.17) is 4.74 Å². The zero-order chi connectivity index (χ0) is 8.97. The summed E-state index contributed by atoms with van der Waals surface area (Å²) in [7, 11) is 1.70. The zero-order valence-electron chi connectivity index (χ0n) is 7.67. The van der Waals surface area contributed by atoms with Crippen molar-refractivity contribution >= 4 is 0 Å². The number of benzene rings is 1. The minimum Gasteiger partial charge on any atom is -0.497 e. The third kappa shape index (κ3) is 3.01. The van der Waals surface area contributed by atoms with Crippen LogP contribution < -0.4 is 25.9 Å². The Morgan fingerprint density at radius 1 is 1.17 bits per heavy atom. The van der Waals surface area contributed by atoms with E-state index in [1.807, 2.05) is 12.1 Å². The highest BCUT2D eigenvalue weighted by Crippen LogP contribution is 2.05. The number of halogens is 1. The van der Waals surface area contributed by atoms with Crippen LogP contribution >= 0.6 is 0 Å². The monoisotopic (exact) mass is 277 g/mol. The molecule has 1 aromatic rings. The highest BCUT2D eigenvalue weighted by atomic mass is 127. The second-order valence-electron chi connectivity index (χ2n) is 2.78. The summed E-state index contributed by atoms with van der Waals surface area (Å²) >= 11 is 0.193. The molecule has 2 heteroatoms. The van der Waals surface area contributed by atoms with Crippen molar-refractivity contribution in [2.24, 2.45) is 0 Å². The molecule has 0 spiro atoms. The normalized spacial score (nSPS) is 10.3. The minimum absolute atomic E-state index is 0.193. The molecule has 0 atom stereocenters. The van der Waals surface area contributed by atoms with E-state index in [-0.39, 0.29) is 21.2 Å². The second kappa shape index (κ2) is 4.70. The first-order valence-electron chi connectivity index (χ1n) is 4.00. The van der Waals surface area contributed by atoms with Gasteiger partial charge in [-0.1, -0.05) is 0 Å². The van der Waals surface area contributed by atoms with Crippen molar-refractivity contribution in [1.29, 1.82) is 0 Å². The van der Waals surface area contributed by atoms with E-state index < -0.39 is 0 Å². The van der Waals surface area contributed by atoms with Crippen molar-refractivity contribution in [2.75, 3.05) is 7.11 Å². The Balaban J connectivity index is 2.65. The van der Waals surface area contributed by atoms with Gasteiger partial charge < -0.3 is 4.74 Å². The van der Waals surface area contributed by atoms with Gasteiger partial charge in [-0.2, -0.15) is 0 Å². The molecule has 12 heavy (non-hydrogen) atoms. The molecular formula is C10H14IO+. The zero-order valence-corrected chi connectivity index (χ0v) is 9.83. The molecule has 0 amide bonds. The maximum Gasteiger partial charge on any atom is 0.315 e. The van der Waals surface area contributed by atoms with Gasteiger partial charge in [-0.25, -0.2) is 0 Å². The van der Waals surface area contributed by atoms with E-state index in [9.17, 15) is 0 Å². The molecule has 66 valence electrons. The van der Waals surface area contributed by atoms with E-state index in [1.54, 1.807) is 7.11 Å². The Labute approximate surface area is 84.4 Å². The topological polar surface area (TPSA) is 9.23 Å². The van der Waals surface area contributed by atoms with Crippen LogP contribution in [-0.4, -0.2) is 11.0 Å². The summed E-state index contributed by atoms with van der Waals surface area (Å²) in [5, 5.41) is 0. The number of hydrogen-bond acceptors (Lipinski definition) is 1. The van der Waals surface area contributed by atoms with Gasteiger partial charge in [-0.15, -0.1) is 0 Å². The van der Waals surface area contributed by atoms with Crippen LogP contribution in [0.25, 0.3) is 0 Å².